The molecule has 98 valence electrons. The molecule has 0 saturated heterocycles. The first-order valence-electron chi connectivity index (χ1n) is 6.51. The van der Waals surface area contributed by atoms with E-state index in [0.717, 1.165) is 26.1 Å². The number of hydrogen-bond donors (Lipinski definition) is 1. The molecule has 0 radical (unpaired) electrons. The van der Waals surface area contributed by atoms with E-state index in [1.165, 1.54) is 6.42 Å². The predicted octanol–water partition coefficient (Wildman–Crippen LogP) is 2.11. The van der Waals surface area contributed by atoms with Crippen LogP contribution in [0.2, 0.25) is 0 Å². The van der Waals surface area contributed by atoms with Gasteiger partial charge in [0.1, 0.15) is 0 Å². The summed E-state index contributed by atoms with van der Waals surface area (Å²) in [6, 6.07) is 0.934. The summed E-state index contributed by atoms with van der Waals surface area (Å²) < 4.78 is 5.15. The van der Waals surface area contributed by atoms with Gasteiger partial charge < -0.3 is 10.5 Å². The van der Waals surface area contributed by atoms with Crippen molar-refractivity contribution < 1.29 is 4.74 Å². The third-order valence-electron chi connectivity index (χ3n) is 3.40. The Bertz CT molecular complexity index is 162. The van der Waals surface area contributed by atoms with Crippen LogP contribution in [0, 0.1) is 5.92 Å². The van der Waals surface area contributed by atoms with Gasteiger partial charge in [-0.05, 0) is 32.2 Å². The number of methoxy groups -OCH3 is 1. The quantitative estimate of drug-likeness (QED) is 0.659. The summed E-state index contributed by atoms with van der Waals surface area (Å²) in [5.74, 6) is 0.571. The Labute approximate surface area is 101 Å². The van der Waals surface area contributed by atoms with Crippen molar-refractivity contribution in [2.24, 2.45) is 11.7 Å². The lowest BCUT2D eigenvalue weighted by Crippen LogP contribution is -2.39. The molecule has 0 saturated carbocycles. The normalized spacial score (nSPS) is 15.8. The Hall–Kier alpha value is -0.120. The molecule has 2 N–H and O–H groups in total. The lowest BCUT2D eigenvalue weighted by Gasteiger charge is -2.29. The van der Waals surface area contributed by atoms with Crippen molar-refractivity contribution in [3.05, 3.63) is 0 Å². The van der Waals surface area contributed by atoms with Crippen molar-refractivity contribution in [1.82, 2.24) is 4.90 Å². The second-order valence-corrected chi connectivity index (χ2v) is 4.98. The van der Waals surface area contributed by atoms with E-state index >= 15 is 0 Å². The molecule has 0 bridgehead atoms. The summed E-state index contributed by atoms with van der Waals surface area (Å²) in [4.78, 5) is 2.48. The minimum atomic E-state index is 0.314. The summed E-state index contributed by atoms with van der Waals surface area (Å²) in [7, 11) is 1.76. The lowest BCUT2D eigenvalue weighted by molar-refractivity contribution is 0.119. The molecule has 0 fully saturated rings. The minimum Gasteiger partial charge on any atom is -0.383 e. The molecule has 0 heterocycles. The van der Waals surface area contributed by atoms with Crippen LogP contribution in [0.3, 0.4) is 0 Å². The first-order chi connectivity index (χ1) is 7.52. The van der Waals surface area contributed by atoms with E-state index in [1.807, 2.05) is 0 Å². The highest BCUT2D eigenvalue weighted by molar-refractivity contribution is 4.71. The Morgan fingerprint density at radius 1 is 1.19 bits per heavy atom. The Kier molecular flexibility index (Phi) is 8.90. The second-order valence-electron chi connectivity index (χ2n) is 4.98. The van der Waals surface area contributed by atoms with Crippen LogP contribution in [0.1, 0.15) is 40.5 Å². The van der Waals surface area contributed by atoms with Crippen molar-refractivity contribution in [3.8, 4) is 0 Å². The zero-order chi connectivity index (χ0) is 12.6. The molecule has 0 aliphatic carbocycles. The van der Waals surface area contributed by atoms with E-state index < -0.39 is 0 Å². The maximum absolute atomic E-state index is 6.08. The Morgan fingerprint density at radius 3 is 2.25 bits per heavy atom. The maximum atomic E-state index is 6.08. The van der Waals surface area contributed by atoms with Gasteiger partial charge in [-0.2, -0.15) is 0 Å². The van der Waals surface area contributed by atoms with Crippen LogP contribution in [-0.4, -0.2) is 43.8 Å². The van der Waals surface area contributed by atoms with E-state index in [9.17, 15) is 0 Å². The molecule has 3 nitrogen and oxygen atoms in total. The minimum absolute atomic E-state index is 0.314. The van der Waals surface area contributed by atoms with Gasteiger partial charge in [-0.3, -0.25) is 4.90 Å². The van der Waals surface area contributed by atoms with Gasteiger partial charge in [0, 0.05) is 25.7 Å². The molecule has 0 aromatic carbocycles. The highest BCUT2D eigenvalue weighted by Gasteiger charge is 2.14. The zero-order valence-electron chi connectivity index (χ0n) is 11.7. The first-order valence-corrected chi connectivity index (χ1v) is 6.51. The van der Waals surface area contributed by atoms with Gasteiger partial charge in [0.15, 0.2) is 0 Å². The van der Waals surface area contributed by atoms with Crippen molar-refractivity contribution in [2.75, 3.05) is 26.8 Å². The molecular weight excluding hydrogens is 200 g/mol. The number of nitrogens with zero attached hydrogens (tertiary/aromatic N) is 1. The van der Waals surface area contributed by atoms with Crippen LogP contribution in [0.15, 0.2) is 0 Å². The van der Waals surface area contributed by atoms with Gasteiger partial charge in [0.2, 0.25) is 0 Å². The molecule has 2 unspecified atom stereocenters. The van der Waals surface area contributed by atoms with Crippen LogP contribution in [0.25, 0.3) is 0 Å². The van der Waals surface area contributed by atoms with Gasteiger partial charge in [-0.25, -0.2) is 0 Å². The van der Waals surface area contributed by atoms with E-state index in [2.05, 4.69) is 32.6 Å². The SMILES string of the molecule is CCC(C)N(CCOC)CCC(N)C(C)C. The number of ether oxygens (including phenoxy) is 1. The van der Waals surface area contributed by atoms with E-state index in [4.69, 9.17) is 10.5 Å². The average Bonchev–Trinajstić information content (AvgIpc) is 2.27. The molecule has 0 amide bonds. The summed E-state index contributed by atoms with van der Waals surface area (Å²) in [5.41, 5.74) is 6.08. The van der Waals surface area contributed by atoms with Crippen molar-refractivity contribution in [1.29, 1.82) is 0 Å². The highest BCUT2D eigenvalue weighted by atomic mass is 16.5. The monoisotopic (exact) mass is 230 g/mol. The zero-order valence-corrected chi connectivity index (χ0v) is 11.7. The molecule has 16 heavy (non-hydrogen) atoms. The molecule has 0 aliphatic rings. The van der Waals surface area contributed by atoms with E-state index in [-0.39, 0.29) is 0 Å². The smallest absolute Gasteiger partial charge is 0.0589 e. The highest BCUT2D eigenvalue weighted by Crippen LogP contribution is 2.08. The summed E-state index contributed by atoms with van der Waals surface area (Å²) in [5, 5.41) is 0. The van der Waals surface area contributed by atoms with Gasteiger partial charge >= 0.3 is 0 Å². The van der Waals surface area contributed by atoms with Crippen LogP contribution in [-0.2, 0) is 4.74 Å². The third-order valence-corrected chi connectivity index (χ3v) is 3.40. The molecular formula is C13H30N2O. The van der Waals surface area contributed by atoms with Gasteiger partial charge in [-0.1, -0.05) is 20.8 Å². The van der Waals surface area contributed by atoms with Crippen LogP contribution >= 0.6 is 0 Å². The fourth-order valence-corrected chi connectivity index (χ4v) is 1.67. The van der Waals surface area contributed by atoms with Crippen molar-refractivity contribution in [3.63, 3.8) is 0 Å². The molecule has 0 rings (SSSR count). The summed E-state index contributed by atoms with van der Waals surface area (Å²) in [6.07, 6.45) is 2.26. The number of nitrogens with two attached hydrogens (primary N) is 1. The molecule has 0 aromatic heterocycles. The average molecular weight is 230 g/mol. The van der Waals surface area contributed by atoms with Crippen LogP contribution in [0.4, 0.5) is 0 Å². The maximum Gasteiger partial charge on any atom is 0.0589 e. The molecule has 0 aromatic rings. The Morgan fingerprint density at radius 2 is 1.81 bits per heavy atom. The third kappa shape index (κ3) is 6.46. The van der Waals surface area contributed by atoms with E-state index in [0.29, 0.717) is 18.0 Å². The molecule has 3 heteroatoms. The first kappa shape index (κ1) is 15.9. The van der Waals surface area contributed by atoms with Gasteiger partial charge in [0.05, 0.1) is 6.61 Å². The van der Waals surface area contributed by atoms with Gasteiger partial charge in [-0.15, -0.1) is 0 Å². The van der Waals surface area contributed by atoms with Crippen LogP contribution in [0.5, 0.6) is 0 Å². The van der Waals surface area contributed by atoms with Crippen molar-refractivity contribution >= 4 is 0 Å². The number of hydrogen-bond acceptors (Lipinski definition) is 3. The Balaban J connectivity index is 4.00. The fourth-order valence-electron chi connectivity index (χ4n) is 1.67. The second kappa shape index (κ2) is 8.97. The largest absolute Gasteiger partial charge is 0.383 e. The van der Waals surface area contributed by atoms with Gasteiger partial charge in [0.25, 0.3) is 0 Å². The number of rotatable bonds is 9. The van der Waals surface area contributed by atoms with Crippen molar-refractivity contribution in [2.45, 2.75) is 52.6 Å². The molecule has 0 spiro atoms. The molecule has 0 aliphatic heterocycles. The molecule has 2 atom stereocenters. The summed E-state index contributed by atoms with van der Waals surface area (Å²) in [6.45, 7) is 11.8. The predicted molar refractivity (Wildman–Crippen MR) is 70.6 cm³/mol. The summed E-state index contributed by atoms with van der Waals surface area (Å²) >= 11 is 0. The lowest BCUT2D eigenvalue weighted by atomic mass is 10.0. The van der Waals surface area contributed by atoms with E-state index in [1.54, 1.807) is 7.11 Å². The fraction of sp³-hybridized carbons (Fsp3) is 1.00. The standard InChI is InChI=1S/C13H30N2O/c1-6-12(4)15(9-10-16-5)8-7-13(14)11(2)3/h11-13H,6-10,14H2,1-5H3. The van der Waals surface area contributed by atoms with Crippen LogP contribution < -0.4 is 5.73 Å². The topological polar surface area (TPSA) is 38.5 Å².